The van der Waals surface area contributed by atoms with Gasteiger partial charge in [-0.25, -0.2) is 26.3 Å². The van der Waals surface area contributed by atoms with Crippen molar-refractivity contribution in [2.24, 2.45) is 0 Å². The number of aryl methyl sites for hydroxylation is 2. The zero-order valence-electron chi connectivity index (χ0n) is 36.3. The lowest BCUT2D eigenvalue weighted by Crippen LogP contribution is -2.48. The first-order valence-corrected chi connectivity index (χ1v) is 28.7. The minimum absolute atomic E-state index is 0.187. The number of hydrogen-bond acceptors (Lipinski definition) is 0. The zero-order valence-corrected chi connectivity index (χ0v) is 39.1. The highest BCUT2D eigenvalue weighted by molar-refractivity contribution is 7.18. The summed E-state index contributed by atoms with van der Waals surface area (Å²) in [4.78, 5) is 0. The number of halogens is 7. The third-order valence-electron chi connectivity index (χ3n) is 10.4. The maximum Gasteiger partial charge on any atom is 0.154 e. The van der Waals surface area contributed by atoms with E-state index in [1.54, 1.807) is 24.3 Å². The van der Waals surface area contributed by atoms with Gasteiger partial charge in [0.25, 0.3) is 0 Å². The maximum atomic E-state index is 15.1. The second kappa shape index (κ2) is 23.7. The minimum atomic E-state index is -2.45. The second-order valence-corrected chi connectivity index (χ2v) is 28.5. The fourth-order valence-electron chi connectivity index (χ4n) is 7.28. The second-order valence-electron chi connectivity index (χ2n) is 17.0. The van der Waals surface area contributed by atoms with Gasteiger partial charge >= 0.3 is 0 Å². The van der Waals surface area contributed by atoms with Crippen molar-refractivity contribution in [1.82, 2.24) is 0 Å². The number of rotatable bonds is 15. The van der Waals surface area contributed by atoms with Crippen LogP contribution in [0.2, 0.25) is 26.2 Å². The molecule has 0 N–H and O–H groups in total. The van der Waals surface area contributed by atoms with Crippen molar-refractivity contribution >= 4 is 31.7 Å². The third-order valence-corrected chi connectivity index (χ3v) is 15.2. The van der Waals surface area contributed by atoms with E-state index in [4.69, 9.17) is 11.1 Å². The van der Waals surface area contributed by atoms with E-state index < -0.39 is 38.7 Å². The van der Waals surface area contributed by atoms with Crippen LogP contribution in [0, 0.1) is 34.9 Å². The molecule has 0 aliphatic rings. The van der Waals surface area contributed by atoms with Crippen LogP contribution in [0.1, 0.15) is 74.6 Å². The van der Waals surface area contributed by atoms with Crippen molar-refractivity contribution in [3.05, 3.63) is 185 Å². The topological polar surface area (TPSA) is 0 Å². The van der Waals surface area contributed by atoms with Crippen LogP contribution in [0.25, 0.3) is 22.3 Å². The Bertz CT molecular complexity index is 2190. The largest absolute Gasteiger partial charge is 0.207 e. The van der Waals surface area contributed by atoms with Crippen LogP contribution in [0.3, 0.4) is 0 Å². The summed E-state index contributed by atoms with van der Waals surface area (Å²) in [5.41, 5.74) is 7.34. The summed E-state index contributed by atoms with van der Waals surface area (Å²) in [5.74, 6) is -2.56. The van der Waals surface area contributed by atoms with Crippen LogP contribution in [0.5, 0.6) is 0 Å². The molecular formula is C52H59ClF6Si2. The van der Waals surface area contributed by atoms with Crippen LogP contribution >= 0.6 is 11.1 Å². The van der Waals surface area contributed by atoms with Crippen molar-refractivity contribution in [2.45, 2.75) is 103 Å². The molecule has 0 heterocycles. The van der Waals surface area contributed by atoms with Crippen LogP contribution in [-0.4, -0.2) is 15.5 Å². The Balaban J connectivity index is 0.000000224. The number of hydrogen-bond donors (Lipinski definition) is 0. The predicted octanol–water partition coefficient (Wildman–Crippen LogP) is 15.9. The molecule has 61 heavy (non-hydrogen) atoms. The van der Waals surface area contributed by atoms with Crippen LogP contribution in [-0.2, 0) is 24.9 Å². The molecule has 0 bridgehead atoms. The van der Waals surface area contributed by atoms with Crippen molar-refractivity contribution in [3.8, 4) is 22.3 Å². The average Bonchev–Trinajstić information content (AvgIpc) is 3.19. The molecule has 0 radical (unpaired) electrons. The lowest BCUT2D eigenvalue weighted by Gasteiger charge is -2.25. The fourth-order valence-corrected chi connectivity index (χ4v) is 11.8. The lowest BCUT2D eigenvalue weighted by molar-refractivity contribution is 0.584. The Kier molecular flexibility index (Phi) is 19.2. The van der Waals surface area contributed by atoms with Gasteiger partial charge in [-0.3, -0.25) is 0 Å². The first kappa shape index (κ1) is 49.3. The molecule has 0 aliphatic carbocycles. The summed E-state index contributed by atoms with van der Waals surface area (Å²) >= 11 is 6.15. The van der Waals surface area contributed by atoms with Gasteiger partial charge in [-0.05, 0) is 125 Å². The van der Waals surface area contributed by atoms with E-state index in [1.807, 2.05) is 61.6 Å². The standard InChI is InChI=1S/C26H29F3Si.C17H18F2.C9H12ClFSi/c1-4-5-6-7-19-8-12-21(13-9-19)22-16-24(28)26(25(29)17-22)30(2,3)18-20-10-14-23(27)15-11-20;1-2-3-4-5-13-6-8-14(9-7-13)15-10-16(18)12-17(19)11-15;1-12(2,10)7-8-3-5-9(11)6-4-8/h8-17H,4-7,18H2,1-3H3;6-12H,2-5H2,1H3;3-6H,7H2,1-2H3. The quantitative estimate of drug-likeness (QED) is 0.0417. The molecule has 0 nitrogen and oxygen atoms in total. The Labute approximate surface area is 366 Å². The SMILES string of the molecule is CCCCCc1ccc(-c2cc(F)c([Si](C)(C)Cc3ccc(F)cc3)c(F)c2)cc1.CCCCCc1ccc(-c2cc(F)cc(F)c2)cc1.C[Si](C)(Cl)Cc1ccc(F)cc1. The van der Waals surface area contributed by atoms with E-state index in [0.29, 0.717) is 17.2 Å². The molecule has 0 unspecified atom stereocenters. The summed E-state index contributed by atoms with van der Waals surface area (Å²) in [7, 11) is -4.02. The van der Waals surface area contributed by atoms with E-state index in [9.17, 15) is 17.6 Å². The van der Waals surface area contributed by atoms with Crippen LogP contribution < -0.4 is 5.19 Å². The zero-order chi connectivity index (χ0) is 44.6. The van der Waals surface area contributed by atoms with Gasteiger partial charge in [0.2, 0.25) is 0 Å². The van der Waals surface area contributed by atoms with Crippen molar-refractivity contribution in [3.63, 3.8) is 0 Å². The molecular weight excluding hydrogens is 830 g/mol. The van der Waals surface area contributed by atoms with Gasteiger partial charge in [-0.15, -0.1) is 0 Å². The van der Waals surface area contributed by atoms with Gasteiger partial charge in [-0.2, -0.15) is 11.1 Å². The smallest absolute Gasteiger partial charge is 0.154 e. The molecule has 0 saturated carbocycles. The van der Waals surface area contributed by atoms with Crippen molar-refractivity contribution in [2.75, 3.05) is 0 Å². The summed E-state index contributed by atoms with van der Waals surface area (Å²) in [6, 6.07) is 36.6. The monoisotopic (exact) mass is 888 g/mol. The van der Waals surface area contributed by atoms with E-state index in [0.717, 1.165) is 53.6 Å². The highest BCUT2D eigenvalue weighted by Crippen LogP contribution is 2.26. The van der Waals surface area contributed by atoms with Gasteiger partial charge in [0.1, 0.15) is 34.9 Å². The molecule has 0 spiro atoms. The number of benzene rings is 6. The maximum absolute atomic E-state index is 15.1. The van der Waals surface area contributed by atoms with Gasteiger partial charge in [-0.1, -0.05) is 144 Å². The molecule has 0 aromatic heterocycles. The molecule has 0 amide bonds. The van der Waals surface area contributed by atoms with E-state index in [2.05, 4.69) is 26.9 Å². The third kappa shape index (κ3) is 16.8. The summed E-state index contributed by atoms with van der Waals surface area (Å²) in [6.07, 6.45) is 9.26. The first-order valence-electron chi connectivity index (χ1n) is 21.3. The Morgan fingerprint density at radius 2 is 0.754 bits per heavy atom. The van der Waals surface area contributed by atoms with Crippen LogP contribution in [0.4, 0.5) is 26.3 Å². The van der Waals surface area contributed by atoms with Gasteiger partial charge in [0.15, 0.2) is 7.38 Å². The summed E-state index contributed by atoms with van der Waals surface area (Å²) in [6.45, 7) is 12.4. The van der Waals surface area contributed by atoms with Crippen molar-refractivity contribution in [1.29, 1.82) is 0 Å². The van der Waals surface area contributed by atoms with Crippen LogP contribution in [0.15, 0.2) is 127 Å². The van der Waals surface area contributed by atoms with Gasteiger partial charge < -0.3 is 0 Å². The molecule has 6 aromatic rings. The van der Waals surface area contributed by atoms with E-state index in [-0.39, 0.29) is 16.8 Å². The Morgan fingerprint density at radius 1 is 0.393 bits per heavy atom. The number of unbranched alkanes of at least 4 members (excludes halogenated alkanes) is 4. The summed E-state index contributed by atoms with van der Waals surface area (Å²) in [5, 5.41) is 0.201. The molecule has 6 rings (SSSR count). The van der Waals surface area contributed by atoms with E-state index in [1.165, 1.54) is 91.8 Å². The summed E-state index contributed by atoms with van der Waals surface area (Å²) < 4.78 is 82.1. The molecule has 324 valence electrons. The highest BCUT2D eigenvalue weighted by atomic mass is 35.6. The Morgan fingerprint density at radius 3 is 1.13 bits per heavy atom. The van der Waals surface area contributed by atoms with E-state index >= 15 is 8.78 Å². The molecule has 0 aliphatic heterocycles. The normalized spacial score (nSPS) is 11.4. The molecule has 0 atom stereocenters. The molecule has 0 fully saturated rings. The lowest BCUT2D eigenvalue weighted by atomic mass is 10.0. The highest BCUT2D eigenvalue weighted by Gasteiger charge is 2.31. The Hall–Kier alpha value is -4.38. The van der Waals surface area contributed by atoms with Crippen molar-refractivity contribution < 1.29 is 26.3 Å². The first-order chi connectivity index (χ1) is 29.0. The molecule has 9 heteroatoms. The molecule has 0 saturated heterocycles. The fraction of sp³-hybridized carbons (Fsp3) is 0.308. The minimum Gasteiger partial charge on any atom is -0.207 e. The predicted molar refractivity (Wildman–Crippen MR) is 251 cm³/mol. The molecule has 6 aromatic carbocycles. The van der Waals surface area contributed by atoms with Gasteiger partial charge in [0, 0.05) is 11.3 Å². The van der Waals surface area contributed by atoms with Gasteiger partial charge in [0.05, 0.1) is 8.07 Å². The average molecular weight is 890 g/mol.